The molecule has 1 fully saturated rings. The fraction of sp³-hybridized carbons (Fsp3) is 0.706. The number of halogens is 1. The predicted octanol–water partition coefficient (Wildman–Crippen LogP) is 3.99. The number of aliphatic imine (C=N–C) groups is 1. The zero-order valence-corrected chi connectivity index (χ0v) is 17.5. The summed E-state index contributed by atoms with van der Waals surface area (Å²) in [7, 11) is 0. The molecule has 1 unspecified atom stereocenters. The first-order chi connectivity index (χ1) is 10.7. The Hall–Kier alpha value is -0.340. The van der Waals surface area contributed by atoms with Crippen molar-refractivity contribution in [1.29, 1.82) is 0 Å². The van der Waals surface area contributed by atoms with Crippen LogP contribution in [0.1, 0.15) is 57.6 Å². The Balaban J connectivity index is 0.00000264. The number of thiophene rings is 1. The Labute approximate surface area is 161 Å². The molecule has 1 saturated carbocycles. The maximum Gasteiger partial charge on any atom is 0.188 e. The topological polar surface area (TPSA) is 53.6 Å². The van der Waals surface area contributed by atoms with Gasteiger partial charge in [-0.3, -0.25) is 9.89 Å². The maximum absolute atomic E-state index is 6.11. The second-order valence-electron chi connectivity index (χ2n) is 6.00. The van der Waals surface area contributed by atoms with E-state index < -0.39 is 0 Å². The predicted molar refractivity (Wildman–Crippen MR) is 112 cm³/mol. The van der Waals surface area contributed by atoms with E-state index in [1.165, 1.54) is 37.7 Å². The normalized spacial score (nSPS) is 17.8. The van der Waals surface area contributed by atoms with E-state index >= 15 is 0 Å². The molecular formula is C17H31IN4S. The summed E-state index contributed by atoms with van der Waals surface area (Å²) < 4.78 is 0. The Morgan fingerprint density at radius 2 is 2.04 bits per heavy atom. The summed E-state index contributed by atoms with van der Waals surface area (Å²) in [6.45, 7) is 7.20. The summed E-state index contributed by atoms with van der Waals surface area (Å²) in [5.41, 5.74) is 7.46. The number of guanidine groups is 1. The molecule has 132 valence electrons. The monoisotopic (exact) mass is 450 g/mol. The highest BCUT2D eigenvalue weighted by atomic mass is 127. The molecule has 0 aromatic carbocycles. The second kappa shape index (κ2) is 11.3. The highest BCUT2D eigenvalue weighted by Gasteiger charge is 2.18. The van der Waals surface area contributed by atoms with Gasteiger partial charge in [-0.15, -0.1) is 24.0 Å². The molecule has 0 amide bonds. The van der Waals surface area contributed by atoms with Crippen LogP contribution in [0, 0.1) is 0 Å². The van der Waals surface area contributed by atoms with E-state index in [0.717, 1.165) is 19.6 Å². The molecule has 6 heteroatoms. The molecule has 4 nitrogen and oxygen atoms in total. The standard InChI is InChI=1S/C17H30N4S.HI/c1-3-21(4-2)16(14-10-11-22-13-14)12-19-17(18)20-15-8-6-5-7-9-15;/h10-11,13,15-16H,3-9,12H2,1-2H3,(H3,18,19,20);1H. The molecule has 23 heavy (non-hydrogen) atoms. The van der Waals surface area contributed by atoms with E-state index in [1.54, 1.807) is 11.3 Å². The third-order valence-electron chi connectivity index (χ3n) is 4.57. The van der Waals surface area contributed by atoms with Gasteiger partial charge in [0.15, 0.2) is 5.96 Å². The van der Waals surface area contributed by atoms with Gasteiger partial charge in [-0.2, -0.15) is 11.3 Å². The number of nitrogens with zero attached hydrogens (tertiary/aromatic N) is 2. The fourth-order valence-corrected chi connectivity index (χ4v) is 3.95. The summed E-state index contributed by atoms with van der Waals surface area (Å²) in [4.78, 5) is 7.08. The third-order valence-corrected chi connectivity index (χ3v) is 5.27. The van der Waals surface area contributed by atoms with Crippen molar-refractivity contribution in [2.45, 2.75) is 58.0 Å². The van der Waals surface area contributed by atoms with Crippen LogP contribution in [0.2, 0.25) is 0 Å². The van der Waals surface area contributed by atoms with Crippen molar-refractivity contribution in [2.75, 3.05) is 19.6 Å². The van der Waals surface area contributed by atoms with E-state index in [2.05, 4.69) is 45.9 Å². The summed E-state index contributed by atoms with van der Waals surface area (Å²) in [5, 5.41) is 7.77. The van der Waals surface area contributed by atoms with Gasteiger partial charge in [0.2, 0.25) is 0 Å². The lowest BCUT2D eigenvalue weighted by Gasteiger charge is -2.28. The van der Waals surface area contributed by atoms with E-state index in [-0.39, 0.29) is 24.0 Å². The largest absolute Gasteiger partial charge is 0.370 e. The number of nitrogens with one attached hydrogen (secondary N) is 1. The molecule has 0 radical (unpaired) electrons. The van der Waals surface area contributed by atoms with E-state index in [1.807, 2.05) is 0 Å². The number of hydrogen-bond acceptors (Lipinski definition) is 3. The average Bonchev–Trinajstić information content (AvgIpc) is 3.06. The van der Waals surface area contributed by atoms with Gasteiger partial charge in [0.05, 0.1) is 12.6 Å². The van der Waals surface area contributed by atoms with E-state index in [9.17, 15) is 0 Å². The third kappa shape index (κ3) is 6.58. The molecule has 3 N–H and O–H groups in total. The summed E-state index contributed by atoms with van der Waals surface area (Å²) in [6, 6.07) is 3.05. The van der Waals surface area contributed by atoms with Gasteiger partial charge < -0.3 is 11.1 Å². The first-order valence-electron chi connectivity index (χ1n) is 8.57. The van der Waals surface area contributed by atoms with Crippen molar-refractivity contribution in [3.63, 3.8) is 0 Å². The molecular weight excluding hydrogens is 419 g/mol. The van der Waals surface area contributed by atoms with E-state index in [4.69, 9.17) is 5.73 Å². The highest BCUT2D eigenvalue weighted by Crippen LogP contribution is 2.23. The minimum atomic E-state index is 0. The van der Waals surface area contributed by atoms with Crippen molar-refractivity contribution in [3.05, 3.63) is 22.4 Å². The number of nitrogens with two attached hydrogens (primary N) is 1. The van der Waals surface area contributed by atoms with Gasteiger partial charge in [-0.1, -0.05) is 33.1 Å². The maximum atomic E-state index is 6.11. The summed E-state index contributed by atoms with van der Waals surface area (Å²) in [6.07, 6.45) is 6.42. The molecule has 0 bridgehead atoms. The Bertz CT molecular complexity index is 439. The molecule has 1 aromatic rings. The highest BCUT2D eigenvalue weighted by molar-refractivity contribution is 14.0. The average molecular weight is 450 g/mol. The van der Waals surface area contributed by atoms with Crippen molar-refractivity contribution < 1.29 is 0 Å². The first kappa shape index (κ1) is 20.7. The van der Waals surface area contributed by atoms with Gasteiger partial charge in [0.1, 0.15) is 0 Å². The first-order valence-corrected chi connectivity index (χ1v) is 9.51. The van der Waals surface area contributed by atoms with Crippen molar-refractivity contribution >= 4 is 41.3 Å². The van der Waals surface area contributed by atoms with Crippen LogP contribution in [0.15, 0.2) is 21.8 Å². The molecule has 0 saturated heterocycles. The van der Waals surface area contributed by atoms with Crippen molar-refractivity contribution in [1.82, 2.24) is 10.2 Å². The van der Waals surface area contributed by atoms with Gasteiger partial charge in [-0.05, 0) is 48.3 Å². The number of likely N-dealkylation sites (N-methyl/N-ethyl adjacent to an activating group) is 1. The van der Waals surface area contributed by atoms with Crippen LogP contribution in [0.5, 0.6) is 0 Å². The van der Waals surface area contributed by atoms with Crippen LogP contribution in [-0.2, 0) is 0 Å². The molecule has 0 aliphatic heterocycles. The Kier molecular flexibility index (Phi) is 10.1. The molecule has 2 rings (SSSR count). The van der Waals surface area contributed by atoms with Crippen LogP contribution < -0.4 is 11.1 Å². The van der Waals surface area contributed by atoms with Crippen molar-refractivity contribution in [2.24, 2.45) is 10.7 Å². The zero-order valence-electron chi connectivity index (χ0n) is 14.3. The van der Waals surface area contributed by atoms with Crippen LogP contribution >= 0.6 is 35.3 Å². The van der Waals surface area contributed by atoms with Crippen molar-refractivity contribution in [3.8, 4) is 0 Å². The zero-order chi connectivity index (χ0) is 15.8. The number of rotatable bonds is 7. The Morgan fingerprint density at radius 1 is 1.35 bits per heavy atom. The Morgan fingerprint density at radius 3 is 2.61 bits per heavy atom. The quantitative estimate of drug-likeness (QED) is 0.375. The minimum Gasteiger partial charge on any atom is -0.370 e. The lowest BCUT2D eigenvalue weighted by atomic mass is 9.96. The molecule has 1 aliphatic carbocycles. The van der Waals surface area contributed by atoms with Crippen LogP contribution in [0.3, 0.4) is 0 Å². The lowest BCUT2D eigenvalue weighted by molar-refractivity contribution is 0.224. The molecule has 1 aliphatic rings. The lowest BCUT2D eigenvalue weighted by Crippen LogP contribution is -2.41. The summed E-state index contributed by atoms with van der Waals surface area (Å²) >= 11 is 1.75. The van der Waals surface area contributed by atoms with Crippen LogP contribution in [0.25, 0.3) is 0 Å². The summed E-state index contributed by atoms with van der Waals surface area (Å²) in [5.74, 6) is 0.610. The molecule has 1 atom stereocenters. The van der Waals surface area contributed by atoms with Gasteiger partial charge in [0.25, 0.3) is 0 Å². The molecule has 1 heterocycles. The minimum absolute atomic E-state index is 0. The fourth-order valence-electron chi connectivity index (χ4n) is 3.25. The van der Waals surface area contributed by atoms with Gasteiger partial charge in [-0.25, -0.2) is 0 Å². The van der Waals surface area contributed by atoms with Gasteiger partial charge in [0, 0.05) is 6.04 Å². The smallest absolute Gasteiger partial charge is 0.188 e. The van der Waals surface area contributed by atoms with Crippen LogP contribution in [0.4, 0.5) is 0 Å². The SMILES string of the molecule is CCN(CC)C(CN=C(N)NC1CCCCC1)c1ccsc1.I. The molecule has 1 aromatic heterocycles. The van der Waals surface area contributed by atoms with Crippen LogP contribution in [-0.4, -0.2) is 36.5 Å². The second-order valence-corrected chi connectivity index (χ2v) is 6.78. The number of hydrogen-bond donors (Lipinski definition) is 2. The van der Waals surface area contributed by atoms with Gasteiger partial charge >= 0.3 is 0 Å². The molecule has 0 spiro atoms. The van der Waals surface area contributed by atoms with E-state index in [0.29, 0.717) is 18.0 Å².